The zero-order chi connectivity index (χ0) is 13.7. The average molecular weight is 263 g/mol. The molecule has 0 aliphatic carbocycles. The van der Waals surface area contributed by atoms with Crippen molar-refractivity contribution in [3.8, 4) is 5.75 Å². The predicted octanol–water partition coefficient (Wildman–Crippen LogP) is 3.22. The molecule has 1 aromatic carbocycles. The SMILES string of the molecule is COc1ccc(C)cc1C(C)NCCC1CCCO1. The molecule has 3 nitrogen and oxygen atoms in total. The molecule has 0 amide bonds. The van der Waals surface area contributed by atoms with Gasteiger partial charge in [-0.3, -0.25) is 0 Å². The number of methoxy groups -OCH3 is 1. The van der Waals surface area contributed by atoms with Gasteiger partial charge >= 0.3 is 0 Å². The number of hydrogen-bond acceptors (Lipinski definition) is 3. The lowest BCUT2D eigenvalue weighted by atomic mass is 10.0. The van der Waals surface area contributed by atoms with Gasteiger partial charge in [0.25, 0.3) is 0 Å². The number of nitrogens with one attached hydrogen (secondary N) is 1. The van der Waals surface area contributed by atoms with Crippen molar-refractivity contribution in [3.05, 3.63) is 29.3 Å². The smallest absolute Gasteiger partial charge is 0.123 e. The molecule has 1 fully saturated rings. The monoisotopic (exact) mass is 263 g/mol. The Morgan fingerprint density at radius 3 is 3.00 bits per heavy atom. The van der Waals surface area contributed by atoms with Crippen LogP contribution in [0.25, 0.3) is 0 Å². The van der Waals surface area contributed by atoms with E-state index in [0.717, 1.165) is 25.3 Å². The van der Waals surface area contributed by atoms with E-state index in [1.807, 2.05) is 6.07 Å². The maximum atomic E-state index is 5.64. The van der Waals surface area contributed by atoms with Gasteiger partial charge in [0.05, 0.1) is 13.2 Å². The van der Waals surface area contributed by atoms with Crippen molar-refractivity contribution in [2.45, 2.75) is 45.3 Å². The minimum Gasteiger partial charge on any atom is -0.496 e. The highest BCUT2D eigenvalue weighted by Crippen LogP contribution is 2.26. The summed E-state index contributed by atoms with van der Waals surface area (Å²) in [5.74, 6) is 0.961. The average Bonchev–Trinajstić information content (AvgIpc) is 2.91. The van der Waals surface area contributed by atoms with Gasteiger partial charge in [0.1, 0.15) is 5.75 Å². The Balaban J connectivity index is 1.87. The number of hydrogen-bond donors (Lipinski definition) is 1. The van der Waals surface area contributed by atoms with Gasteiger partial charge in [0, 0.05) is 18.2 Å². The molecule has 1 heterocycles. The summed E-state index contributed by atoms with van der Waals surface area (Å²) >= 11 is 0. The van der Waals surface area contributed by atoms with Crippen LogP contribution in [0.2, 0.25) is 0 Å². The number of aryl methyl sites for hydroxylation is 1. The zero-order valence-corrected chi connectivity index (χ0v) is 12.2. The van der Waals surface area contributed by atoms with Crippen molar-refractivity contribution in [1.82, 2.24) is 5.32 Å². The normalized spacial score (nSPS) is 20.5. The van der Waals surface area contributed by atoms with Crippen LogP contribution in [0, 0.1) is 6.92 Å². The summed E-state index contributed by atoms with van der Waals surface area (Å²) in [6.45, 7) is 6.23. The van der Waals surface area contributed by atoms with E-state index < -0.39 is 0 Å². The Morgan fingerprint density at radius 2 is 2.32 bits per heavy atom. The maximum absolute atomic E-state index is 5.64. The Kier molecular flexibility index (Phi) is 5.23. The van der Waals surface area contributed by atoms with Crippen LogP contribution in [0.4, 0.5) is 0 Å². The second-order valence-electron chi connectivity index (χ2n) is 5.34. The summed E-state index contributed by atoms with van der Waals surface area (Å²) in [4.78, 5) is 0. The number of benzene rings is 1. The largest absolute Gasteiger partial charge is 0.496 e. The lowest BCUT2D eigenvalue weighted by Gasteiger charge is -2.19. The summed E-state index contributed by atoms with van der Waals surface area (Å²) < 4.78 is 11.1. The van der Waals surface area contributed by atoms with Crippen LogP contribution in [-0.4, -0.2) is 26.4 Å². The zero-order valence-electron chi connectivity index (χ0n) is 12.2. The summed E-state index contributed by atoms with van der Waals surface area (Å²) in [6.07, 6.45) is 3.98. The molecular formula is C16H25NO2. The first-order chi connectivity index (χ1) is 9.20. The molecule has 0 aromatic heterocycles. The van der Waals surface area contributed by atoms with Crippen LogP contribution in [0.5, 0.6) is 5.75 Å². The molecule has 3 heteroatoms. The molecule has 106 valence electrons. The maximum Gasteiger partial charge on any atom is 0.123 e. The van der Waals surface area contributed by atoms with Gasteiger partial charge in [-0.05, 0) is 45.7 Å². The Bertz CT molecular complexity index is 400. The first kappa shape index (κ1) is 14.4. The highest BCUT2D eigenvalue weighted by Gasteiger charge is 2.16. The van der Waals surface area contributed by atoms with Gasteiger partial charge in [-0.15, -0.1) is 0 Å². The fraction of sp³-hybridized carbons (Fsp3) is 0.625. The van der Waals surface area contributed by atoms with E-state index in [1.54, 1.807) is 7.11 Å². The minimum atomic E-state index is 0.302. The van der Waals surface area contributed by atoms with Crippen molar-refractivity contribution >= 4 is 0 Å². The van der Waals surface area contributed by atoms with Gasteiger partial charge in [-0.25, -0.2) is 0 Å². The third kappa shape index (κ3) is 3.95. The highest BCUT2D eigenvalue weighted by atomic mass is 16.5. The summed E-state index contributed by atoms with van der Waals surface area (Å²) in [5, 5.41) is 3.57. The van der Waals surface area contributed by atoms with E-state index in [-0.39, 0.29) is 0 Å². The Labute approximate surface area is 116 Å². The predicted molar refractivity (Wildman–Crippen MR) is 77.7 cm³/mol. The van der Waals surface area contributed by atoms with Crippen LogP contribution < -0.4 is 10.1 Å². The molecule has 1 N–H and O–H groups in total. The highest BCUT2D eigenvalue weighted by molar-refractivity contribution is 5.38. The molecule has 2 rings (SSSR count). The molecule has 0 spiro atoms. The lowest BCUT2D eigenvalue weighted by Crippen LogP contribution is -2.23. The van der Waals surface area contributed by atoms with Crippen molar-refractivity contribution in [2.75, 3.05) is 20.3 Å². The molecule has 1 aliphatic rings. The second-order valence-corrected chi connectivity index (χ2v) is 5.34. The standard InChI is InChI=1S/C16H25NO2/c1-12-6-7-16(18-3)15(11-12)13(2)17-9-8-14-5-4-10-19-14/h6-7,11,13-14,17H,4-5,8-10H2,1-3H3. The molecule has 2 atom stereocenters. The van der Waals surface area contributed by atoms with Crippen LogP contribution >= 0.6 is 0 Å². The third-order valence-corrected chi connectivity index (χ3v) is 3.79. The van der Waals surface area contributed by atoms with E-state index in [1.165, 1.54) is 24.0 Å². The topological polar surface area (TPSA) is 30.5 Å². The molecule has 1 aromatic rings. The quantitative estimate of drug-likeness (QED) is 0.855. The van der Waals surface area contributed by atoms with Crippen molar-refractivity contribution in [2.24, 2.45) is 0 Å². The third-order valence-electron chi connectivity index (χ3n) is 3.79. The van der Waals surface area contributed by atoms with Crippen LogP contribution in [0.1, 0.15) is 43.4 Å². The molecular weight excluding hydrogens is 238 g/mol. The molecule has 1 saturated heterocycles. The van der Waals surface area contributed by atoms with E-state index in [4.69, 9.17) is 9.47 Å². The van der Waals surface area contributed by atoms with Crippen molar-refractivity contribution < 1.29 is 9.47 Å². The number of ether oxygens (including phenoxy) is 2. The van der Waals surface area contributed by atoms with Crippen molar-refractivity contribution in [3.63, 3.8) is 0 Å². The van der Waals surface area contributed by atoms with E-state index >= 15 is 0 Å². The second kappa shape index (κ2) is 6.92. The molecule has 19 heavy (non-hydrogen) atoms. The fourth-order valence-corrected chi connectivity index (χ4v) is 2.63. The van der Waals surface area contributed by atoms with E-state index in [9.17, 15) is 0 Å². The molecule has 2 unspecified atom stereocenters. The van der Waals surface area contributed by atoms with Gasteiger partial charge in [-0.1, -0.05) is 17.7 Å². The van der Waals surface area contributed by atoms with Gasteiger partial charge in [0.2, 0.25) is 0 Å². The summed E-state index contributed by atoms with van der Waals surface area (Å²) in [6, 6.07) is 6.63. The van der Waals surface area contributed by atoms with Crippen LogP contribution in [-0.2, 0) is 4.74 Å². The van der Waals surface area contributed by atoms with Crippen LogP contribution in [0.3, 0.4) is 0 Å². The summed E-state index contributed by atoms with van der Waals surface area (Å²) in [7, 11) is 1.73. The van der Waals surface area contributed by atoms with Crippen molar-refractivity contribution in [1.29, 1.82) is 0 Å². The lowest BCUT2D eigenvalue weighted by molar-refractivity contribution is 0.103. The summed E-state index contributed by atoms with van der Waals surface area (Å²) in [5.41, 5.74) is 2.50. The molecule has 0 bridgehead atoms. The first-order valence-corrected chi connectivity index (χ1v) is 7.20. The van der Waals surface area contributed by atoms with Gasteiger partial charge in [0.15, 0.2) is 0 Å². The molecule has 0 radical (unpaired) electrons. The fourth-order valence-electron chi connectivity index (χ4n) is 2.63. The van der Waals surface area contributed by atoms with Gasteiger partial charge < -0.3 is 14.8 Å². The Hall–Kier alpha value is -1.06. The molecule has 0 saturated carbocycles. The van der Waals surface area contributed by atoms with E-state index in [0.29, 0.717) is 12.1 Å². The Morgan fingerprint density at radius 1 is 1.47 bits per heavy atom. The minimum absolute atomic E-state index is 0.302. The first-order valence-electron chi connectivity index (χ1n) is 7.20. The van der Waals surface area contributed by atoms with E-state index in [2.05, 4.69) is 31.3 Å². The van der Waals surface area contributed by atoms with Gasteiger partial charge in [-0.2, -0.15) is 0 Å². The number of rotatable bonds is 6. The van der Waals surface area contributed by atoms with Crippen LogP contribution in [0.15, 0.2) is 18.2 Å². The molecule has 1 aliphatic heterocycles.